The Balaban J connectivity index is 0.000000178. The number of aliphatic hydroxyl groups excluding tert-OH is 1. The molecule has 0 fully saturated rings. The Bertz CT molecular complexity index is 2480. The molecule has 0 bridgehead atoms. The van der Waals surface area contributed by atoms with Gasteiger partial charge in [0, 0.05) is 26.5 Å². The standard InChI is InChI=1S/C22H19NO2S.C22H17NO2S.CH4/c2*1-14-17(15-7-4-3-5-8-15)9-6-10-18(14)22-23-19-11-16(13-24)21(26-2)12-20(19)25-22;/h3-12,24H,13H2,1-2H3;3-13H,1-2H3;1H4. The quantitative estimate of drug-likeness (QED) is 0.122. The second-order valence-electron chi connectivity index (χ2n) is 12.2. The highest BCUT2D eigenvalue weighted by Crippen LogP contribution is 2.36. The molecule has 53 heavy (non-hydrogen) atoms. The van der Waals surface area contributed by atoms with Crippen LogP contribution in [0.5, 0.6) is 0 Å². The summed E-state index contributed by atoms with van der Waals surface area (Å²) in [6, 6.07) is 40.5. The average molecular weight is 737 g/mol. The molecule has 1 N–H and O–H groups in total. The minimum atomic E-state index is -0.00315. The zero-order valence-corrected chi connectivity index (χ0v) is 30.8. The van der Waals surface area contributed by atoms with Crippen molar-refractivity contribution in [2.75, 3.05) is 12.5 Å². The molecule has 0 aliphatic rings. The van der Waals surface area contributed by atoms with Crippen molar-refractivity contribution in [3.63, 3.8) is 0 Å². The molecule has 2 heterocycles. The first kappa shape index (κ1) is 37.4. The number of carbonyl (C=O) groups is 1. The van der Waals surface area contributed by atoms with Crippen LogP contribution in [0.15, 0.2) is 140 Å². The van der Waals surface area contributed by atoms with Crippen LogP contribution in [-0.2, 0) is 6.61 Å². The molecular formula is C45H40N2O4S2. The summed E-state index contributed by atoms with van der Waals surface area (Å²) in [5.74, 6) is 1.18. The third-order valence-corrected chi connectivity index (χ3v) is 10.7. The van der Waals surface area contributed by atoms with Gasteiger partial charge in [0.1, 0.15) is 11.0 Å². The van der Waals surface area contributed by atoms with E-state index in [1.54, 1.807) is 17.8 Å². The van der Waals surface area contributed by atoms with Gasteiger partial charge in [0.15, 0.2) is 17.5 Å². The average Bonchev–Trinajstić information content (AvgIpc) is 3.81. The molecule has 0 unspecified atom stereocenters. The highest BCUT2D eigenvalue weighted by atomic mass is 32.2. The van der Waals surface area contributed by atoms with Crippen molar-refractivity contribution in [3.8, 4) is 45.2 Å². The highest BCUT2D eigenvalue weighted by molar-refractivity contribution is 7.98. The van der Waals surface area contributed by atoms with Gasteiger partial charge in [-0.15, -0.1) is 23.5 Å². The van der Waals surface area contributed by atoms with E-state index in [2.05, 4.69) is 60.2 Å². The summed E-state index contributed by atoms with van der Waals surface area (Å²) >= 11 is 3.12. The van der Waals surface area contributed by atoms with Gasteiger partial charge in [-0.2, -0.15) is 0 Å². The highest BCUT2D eigenvalue weighted by Gasteiger charge is 2.17. The van der Waals surface area contributed by atoms with Crippen molar-refractivity contribution in [1.29, 1.82) is 0 Å². The molecule has 0 spiro atoms. The number of fused-ring (bicyclic) bond motifs is 2. The van der Waals surface area contributed by atoms with Crippen LogP contribution in [-0.4, -0.2) is 33.9 Å². The Morgan fingerprint density at radius 1 is 0.604 bits per heavy atom. The van der Waals surface area contributed by atoms with Crippen LogP contribution in [0.2, 0.25) is 0 Å². The second-order valence-corrected chi connectivity index (χ2v) is 13.9. The Morgan fingerprint density at radius 2 is 1.06 bits per heavy atom. The van der Waals surface area contributed by atoms with E-state index in [1.807, 2.05) is 91.4 Å². The number of aliphatic hydroxyl groups is 1. The molecule has 8 aromatic rings. The van der Waals surface area contributed by atoms with Gasteiger partial charge in [-0.25, -0.2) is 9.97 Å². The third-order valence-electron chi connectivity index (χ3n) is 9.13. The zero-order chi connectivity index (χ0) is 36.2. The number of benzene rings is 6. The molecular weight excluding hydrogens is 697 g/mol. The van der Waals surface area contributed by atoms with E-state index < -0.39 is 0 Å². The molecule has 8 heteroatoms. The monoisotopic (exact) mass is 736 g/mol. The molecule has 0 radical (unpaired) electrons. The van der Waals surface area contributed by atoms with Crippen molar-refractivity contribution < 1.29 is 18.7 Å². The van der Waals surface area contributed by atoms with Crippen LogP contribution >= 0.6 is 23.5 Å². The van der Waals surface area contributed by atoms with Gasteiger partial charge in [0.05, 0.1) is 6.61 Å². The number of hydrogen-bond donors (Lipinski definition) is 1. The molecule has 0 aliphatic heterocycles. The molecule has 0 atom stereocenters. The third kappa shape index (κ3) is 7.57. The SMILES string of the molecule is C.CSc1cc2oc(-c3cccc(-c4ccccc4)c3C)nc2cc1C=O.CSc1cc2oc(-c3cccc(-c4ccccc4)c3C)nc2cc1CO. The summed E-state index contributed by atoms with van der Waals surface area (Å²) in [4.78, 5) is 22.5. The fraction of sp³-hybridized carbons (Fsp3) is 0.133. The smallest absolute Gasteiger partial charge is 0.227 e. The topological polar surface area (TPSA) is 89.4 Å². The number of aldehydes is 1. The first-order valence-electron chi connectivity index (χ1n) is 16.7. The van der Waals surface area contributed by atoms with Crippen molar-refractivity contribution in [1.82, 2.24) is 9.97 Å². The fourth-order valence-corrected chi connectivity index (χ4v) is 7.56. The van der Waals surface area contributed by atoms with E-state index in [1.165, 1.54) is 22.9 Å². The van der Waals surface area contributed by atoms with E-state index in [0.717, 1.165) is 66.1 Å². The molecule has 2 aromatic heterocycles. The maximum atomic E-state index is 11.3. The summed E-state index contributed by atoms with van der Waals surface area (Å²) in [7, 11) is 0. The van der Waals surface area contributed by atoms with Gasteiger partial charge in [-0.05, 0) is 102 Å². The van der Waals surface area contributed by atoms with Crippen molar-refractivity contribution in [2.24, 2.45) is 0 Å². The van der Waals surface area contributed by atoms with Crippen molar-refractivity contribution >= 4 is 52.0 Å². The summed E-state index contributed by atoms with van der Waals surface area (Å²) in [6.07, 6.45) is 4.80. The maximum absolute atomic E-state index is 11.3. The summed E-state index contributed by atoms with van der Waals surface area (Å²) in [5, 5.41) is 9.57. The Kier molecular flexibility index (Phi) is 11.6. The fourth-order valence-electron chi connectivity index (χ4n) is 6.38. The van der Waals surface area contributed by atoms with Crippen molar-refractivity contribution in [3.05, 3.63) is 144 Å². The number of rotatable bonds is 8. The molecule has 0 saturated carbocycles. The van der Waals surface area contributed by atoms with Crippen LogP contribution in [0.1, 0.15) is 34.5 Å². The van der Waals surface area contributed by atoms with Crippen LogP contribution in [0, 0.1) is 13.8 Å². The predicted octanol–water partition coefficient (Wildman–Crippen LogP) is 12.3. The van der Waals surface area contributed by atoms with Gasteiger partial charge in [0.25, 0.3) is 0 Å². The summed E-state index contributed by atoms with van der Waals surface area (Å²) in [6.45, 7) is 4.17. The largest absolute Gasteiger partial charge is 0.436 e. The number of thioether (sulfide) groups is 2. The number of nitrogens with zero attached hydrogens (tertiary/aromatic N) is 2. The number of carbonyl (C=O) groups excluding carboxylic acids is 1. The van der Waals surface area contributed by atoms with Gasteiger partial charge in [-0.3, -0.25) is 4.79 Å². The lowest BCUT2D eigenvalue weighted by molar-refractivity contribution is 0.112. The van der Waals surface area contributed by atoms with Crippen molar-refractivity contribution in [2.45, 2.75) is 37.7 Å². The van der Waals surface area contributed by atoms with Gasteiger partial charge >= 0.3 is 0 Å². The Labute approximate surface area is 318 Å². The lowest BCUT2D eigenvalue weighted by atomic mass is 9.96. The number of hydrogen-bond acceptors (Lipinski definition) is 8. The van der Waals surface area contributed by atoms with Gasteiger partial charge < -0.3 is 13.9 Å². The number of aromatic nitrogens is 2. The van der Waals surface area contributed by atoms with Crippen LogP contribution < -0.4 is 0 Å². The Morgan fingerprint density at radius 3 is 1.51 bits per heavy atom. The molecule has 266 valence electrons. The molecule has 0 saturated heterocycles. The molecule has 0 aliphatic carbocycles. The maximum Gasteiger partial charge on any atom is 0.227 e. The zero-order valence-electron chi connectivity index (χ0n) is 29.2. The van der Waals surface area contributed by atoms with E-state index in [0.29, 0.717) is 28.4 Å². The van der Waals surface area contributed by atoms with Crippen LogP contribution in [0.3, 0.4) is 0 Å². The van der Waals surface area contributed by atoms with Crippen LogP contribution in [0.4, 0.5) is 0 Å². The molecule has 0 amide bonds. The normalized spacial score (nSPS) is 10.9. The lowest BCUT2D eigenvalue weighted by Crippen LogP contribution is -1.88. The summed E-state index contributed by atoms with van der Waals surface area (Å²) < 4.78 is 12.1. The van der Waals surface area contributed by atoms with Gasteiger partial charge in [-0.1, -0.05) is 92.4 Å². The minimum absolute atomic E-state index is 0. The van der Waals surface area contributed by atoms with Gasteiger partial charge in [0.2, 0.25) is 11.8 Å². The van der Waals surface area contributed by atoms with Crippen LogP contribution in [0.25, 0.3) is 67.4 Å². The predicted molar refractivity (Wildman–Crippen MR) is 221 cm³/mol. The first-order valence-corrected chi connectivity index (χ1v) is 19.2. The molecule has 6 aromatic carbocycles. The molecule has 8 rings (SSSR count). The first-order chi connectivity index (χ1) is 25.4. The van der Waals surface area contributed by atoms with E-state index >= 15 is 0 Å². The lowest BCUT2D eigenvalue weighted by Gasteiger charge is -2.09. The minimum Gasteiger partial charge on any atom is -0.436 e. The van der Waals surface area contributed by atoms with E-state index in [4.69, 9.17) is 8.83 Å². The van der Waals surface area contributed by atoms with E-state index in [-0.39, 0.29) is 14.0 Å². The number of oxazole rings is 2. The molecule has 6 nitrogen and oxygen atoms in total. The summed E-state index contributed by atoms with van der Waals surface area (Å²) in [5.41, 5.74) is 13.3. The van der Waals surface area contributed by atoms with E-state index in [9.17, 15) is 9.90 Å². The second kappa shape index (κ2) is 16.5. The Hall–Kier alpha value is -5.41.